The molecule has 0 saturated carbocycles. The van der Waals surface area contributed by atoms with Crippen LogP contribution in [0.5, 0.6) is 0 Å². The molecular formula is C9H14Br2N2. The molecule has 2 nitrogen and oxygen atoms in total. The Labute approximate surface area is 96.1 Å². The van der Waals surface area contributed by atoms with Gasteiger partial charge < -0.3 is 4.98 Å². The number of aromatic nitrogens is 2. The van der Waals surface area contributed by atoms with Crippen LogP contribution in [0.15, 0.2) is 19.0 Å². The first-order valence-corrected chi connectivity index (χ1v) is 5.93. The van der Waals surface area contributed by atoms with Crippen LogP contribution < -0.4 is 0 Å². The minimum absolute atomic E-state index is 0.523. The van der Waals surface area contributed by atoms with Crippen molar-refractivity contribution in [3.8, 4) is 0 Å². The van der Waals surface area contributed by atoms with E-state index in [1.165, 1.54) is 12.8 Å². The maximum atomic E-state index is 3.86. The van der Waals surface area contributed by atoms with Crippen LogP contribution >= 0.6 is 31.9 Å². The van der Waals surface area contributed by atoms with Gasteiger partial charge in [0.05, 0.1) is 3.74 Å². The van der Waals surface area contributed by atoms with Crippen LogP contribution in [-0.4, -0.2) is 13.7 Å². The number of imidazole rings is 1. The summed E-state index contributed by atoms with van der Waals surface area (Å²) in [6, 6.07) is 0. The van der Waals surface area contributed by atoms with Crippen molar-refractivity contribution in [2.45, 2.75) is 23.5 Å². The number of hydrogen-bond acceptors (Lipinski definition) is 1. The fourth-order valence-electron chi connectivity index (χ4n) is 0.607. The third-order valence-electron chi connectivity index (χ3n) is 1.22. The van der Waals surface area contributed by atoms with E-state index in [9.17, 15) is 0 Å². The zero-order chi connectivity index (χ0) is 10.1. The average Bonchev–Trinajstić information content (AvgIpc) is 2.56. The van der Waals surface area contributed by atoms with E-state index in [-0.39, 0.29) is 0 Å². The van der Waals surface area contributed by atoms with Crippen molar-refractivity contribution in [2.24, 2.45) is 0 Å². The molecule has 0 aliphatic heterocycles. The maximum Gasteiger partial charge on any atom is 0.129 e. The number of H-pyrrole nitrogens is 1. The molecule has 13 heavy (non-hydrogen) atoms. The summed E-state index contributed by atoms with van der Waals surface area (Å²) in [5.41, 5.74) is 0. The van der Waals surface area contributed by atoms with Gasteiger partial charge >= 0.3 is 0 Å². The lowest BCUT2D eigenvalue weighted by molar-refractivity contribution is 0.883. The first-order chi connectivity index (χ1) is 6.20. The van der Waals surface area contributed by atoms with Crippen molar-refractivity contribution in [2.75, 3.05) is 0 Å². The predicted octanol–water partition coefficient (Wildman–Crippen LogP) is 3.96. The number of aromatic amines is 1. The molecule has 0 saturated heterocycles. The van der Waals surface area contributed by atoms with Gasteiger partial charge in [0, 0.05) is 12.4 Å². The minimum Gasteiger partial charge on any atom is -0.345 e. The summed E-state index contributed by atoms with van der Waals surface area (Å²) in [4.78, 5) is 6.72. The largest absolute Gasteiger partial charge is 0.345 e. The zero-order valence-corrected chi connectivity index (χ0v) is 10.8. The lowest BCUT2D eigenvalue weighted by Gasteiger charge is -1.91. The van der Waals surface area contributed by atoms with E-state index in [1.807, 2.05) is 0 Å². The van der Waals surface area contributed by atoms with Gasteiger partial charge in [-0.15, -0.1) is 0 Å². The van der Waals surface area contributed by atoms with Gasteiger partial charge in [-0.25, -0.2) is 4.98 Å². The lowest BCUT2D eigenvalue weighted by atomic mass is 10.4. The van der Waals surface area contributed by atoms with E-state index < -0.39 is 0 Å². The maximum absolute atomic E-state index is 3.86. The van der Waals surface area contributed by atoms with Crippen LogP contribution in [-0.2, 0) is 0 Å². The molecule has 1 rings (SSSR count). The topological polar surface area (TPSA) is 28.7 Å². The highest BCUT2D eigenvalue weighted by atomic mass is 79.9. The minimum atomic E-state index is 0.523. The number of hydrogen-bond donors (Lipinski definition) is 1. The van der Waals surface area contributed by atoms with Gasteiger partial charge in [0.25, 0.3) is 0 Å². The lowest BCUT2D eigenvalue weighted by Crippen LogP contribution is -1.78. The molecule has 0 unspecified atom stereocenters. The molecule has 0 aromatic carbocycles. The Bertz CT molecular complexity index is 207. The Morgan fingerprint density at radius 1 is 1.69 bits per heavy atom. The quantitative estimate of drug-likeness (QED) is 0.841. The molecule has 1 heterocycles. The summed E-state index contributed by atoms with van der Waals surface area (Å²) in [5, 5.41) is 0. The molecule has 74 valence electrons. The summed E-state index contributed by atoms with van der Waals surface area (Å²) in [5.74, 6) is 0.819. The SMILES string of the molecule is C=Cc1ncc[nH]1.CCCC(Br)Br. The van der Waals surface area contributed by atoms with E-state index in [4.69, 9.17) is 0 Å². The van der Waals surface area contributed by atoms with Crippen LogP contribution in [0.4, 0.5) is 0 Å². The molecule has 0 aliphatic rings. The number of rotatable bonds is 3. The Morgan fingerprint density at radius 2 is 2.38 bits per heavy atom. The van der Waals surface area contributed by atoms with Gasteiger partial charge in [-0.3, -0.25) is 0 Å². The summed E-state index contributed by atoms with van der Waals surface area (Å²) < 4.78 is 0.523. The fraction of sp³-hybridized carbons (Fsp3) is 0.444. The van der Waals surface area contributed by atoms with E-state index >= 15 is 0 Å². The van der Waals surface area contributed by atoms with E-state index in [1.54, 1.807) is 18.5 Å². The smallest absolute Gasteiger partial charge is 0.129 e. The van der Waals surface area contributed by atoms with Crippen molar-refractivity contribution < 1.29 is 0 Å². The Hall–Kier alpha value is -0.0900. The van der Waals surface area contributed by atoms with Gasteiger partial charge in [0.15, 0.2) is 0 Å². The van der Waals surface area contributed by atoms with Gasteiger partial charge in [0.1, 0.15) is 5.82 Å². The van der Waals surface area contributed by atoms with Crippen LogP contribution in [0.1, 0.15) is 25.6 Å². The van der Waals surface area contributed by atoms with Crippen molar-refractivity contribution in [1.29, 1.82) is 0 Å². The highest BCUT2D eigenvalue weighted by molar-refractivity contribution is 9.24. The molecular weight excluding hydrogens is 296 g/mol. The summed E-state index contributed by atoms with van der Waals surface area (Å²) in [6.07, 6.45) is 7.56. The van der Waals surface area contributed by atoms with E-state index in [2.05, 4.69) is 55.3 Å². The van der Waals surface area contributed by atoms with Crippen molar-refractivity contribution >= 4 is 37.9 Å². The van der Waals surface area contributed by atoms with Gasteiger partial charge in [0.2, 0.25) is 0 Å². The van der Waals surface area contributed by atoms with E-state index in [0.29, 0.717) is 3.74 Å². The summed E-state index contributed by atoms with van der Waals surface area (Å²) in [7, 11) is 0. The van der Waals surface area contributed by atoms with Crippen LogP contribution in [0, 0.1) is 0 Å². The monoisotopic (exact) mass is 308 g/mol. The second-order valence-corrected chi connectivity index (χ2v) is 5.80. The molecule has 0 atom stereocenters. The fourth-order valence-corrected chi connectivity index (χ4v) is 1.52. The van der Waals surface area contributed by atoms with Gasteiger partial charge in [-0.1, -0.05) is 51.8 Å². The first-order valence-electron chi connectivity index (χ1n) is 4.10. The highest BCUT2D eigenvalue weighted by Gasteiger charge is 1.90. The highest BCUT2D eigenvalue weighted by Crippen LogP contribution is 2.13. The number of halogens is 2. The van der Waals surface area contributed by atoms with Crippen LogP contribution in [0.2, 0.25) is 0 Å². The van der Waals surface area contributed by atoms with Crippen molar-refractivity contribution in [1.82, 2.24) is 9.97 Å². The second-order valence-electron chi connectivity index (χ2n) is 2.36. The second kappa shape index (κ2) is 8.51. The van der Waals surface area contributed by atoms with Gasteiger partial charge in [-0.2, -0.15) is 0 Å². The Kier molecular flexibility index (Phi) is 8.45. The molecule has 1 N–H and O–H groups in total. The standard InChI is InChI=1S/C5H6N2.C4H8Br2/c1-2-5-6-3-4-7-5;1-2-3-4(5)6/h2-4H,1H2,(H,6,7);4H,2-3H2,1H3. The molecule has 0 bridgehead atoms. The third-order valence-corrected chi connectivity index (χ3v) is 2.14. The molecule has 0 radical (unpaired) electrons. The summed E-state index contributed by atoms with van der Waals surface area (Å²) >= 11 is 6.70. The van der Waals surface area contributed by atoms with Crippen LogP contribution in [0.25, 0.3) is 6.08 Å². The molecule has 1 aromatic rings. The normalized spacial score (nSPS) is 9.23. The molecule has 4 heteroatoms. The Balaban J connectivity index is 0.000000226. The zero-order valence-electron chi connectivity index (χ0n) is 7.63. The molecule has 0 amide bonds. The molecule has 0 fully saturated rings. The Morgan fingerprint density at radius 3 is 2.54 bits per heavy atom. The predicted molar refractivity (Wildman–Crippen MR) is 65.2 cm³/mol. The van der Waals surface area contributed by atoms with Crippen LogP contribution in [0.3, 0.4) is 0 Å². The third kappa shape index (κ3) is 8.25. The van der Waals surface area contributed by atoms with E-state index in [0.717, 1.165) is 5.82 Å². The molecule has 1 aromatic heterocycles. The van der Waals surface area contributed by atoms with Gasteiger partial charge in [-0.05, 0) is 12.5 Å². The van der Waals surface area contributed by atoms with Crippen molar-refractivity contribution in [3.63, 3.8) is 0 Å². The number of alkyl halides is 2. The summed E-state index contributed by atoms with van der Waals surface area (Å²) in [6.45, 7) is 5.67. The number of nitrogens with one attached hydrogen (secondary N) is 1. The number of nitrogens with zero attached hydrogens (tertiary/aromatic N) is 1. The van der Waals surface area contributed by atoms with Crippen molar-refractivity contribution in [3.05, 3.63) is 24.8 Å². The first kappa shape index (κ1) is 12.9. The molecule has 0 spiro atoms. The average molecular weight is 310 g/mol. The molecule has 0 aliphatic carbocycles.